The predicted molar refractivity (Wildman–Crippen MR) is 126 cm³/mol. The van der Waals surface area contributed by atoms with Gasteiger partial charge in [-0.15, -0.1) is 0 Å². The first-order chi connectivity index (χ1) is 16.9. The summed E-state index contributed by atoms with van der Waals surface area (Å²) < 4.78 is 36.3. The van der Waals surface area contributed by atoms with E-state index in [2.05, 4.69) is 15.2 Å². The van der Waals surface area contributed by atoms with Gasteiger partial charge in [-0.3, -0.25) is 4.79 Å². The van der Waals surface area contributed by atoms with Gasteiger partial charge in [-0.05, 0) is 36.4 Å². The summed E-state index contributed by atoms with van der Waals surface area (Å²) in [6.07, 6.45) is 1.51. The average molecular weight is 498 g/mol. The number of anilines is 1. The Morgan fingerprint density at radius 3 is 2.37 bits per heavy atom. The third-order valence-corrected chi connectivity index (χ3v) is 5.04. The maximum Gasteiger partial charge on any atom is 0.387 e. The third kappa shape index (κ3) is 6.01. The van der Waals surface area contributed by atoms with Crippen molar-refractivity contribution in [3.8, 4) is 22.7 Å². The van der Waals surface area contributed by atoms with Gasteiger partial charge in [0, 0.05) is 16.8 Å². The van der Waals surface area contributed by atoms with Gasteiger partial charge in [-0.2, -0.15) is 13.9 Å². The van der Waals surface area contributed by atoms with Crippen molar-refractivity contribution in [3.63, 3.8) is 0 Å². The first-order valence-corrected chi connectivity index (χ1v) is 10.7. The molecule has 1 amide bonds. The van der Waals surface area contributed by atoms with Crippen molar-refractivity contribution in [2.75, 3.05) is 11.9 Å². The molecule has 1 heterocycles. The molecule has 1 N–H and O–H groups in total. The van der Waals surface area contributed by atoms with Crippen LogP contribution in [-0.2, 0) is 9.53 Å². The first-order valence-electron chi connectivity index (χ1n) is 10.3. The van der Waals surface area contributed by atoms with Crippen LogP contribution in [0, 0.1) is 0 Å². The van der Waals surface area contributed by atoms with Crippen molar-refractivity contribution < 1.29 is 27.8 Å². The number of alkyl halides is 2. The number of ether oxygens (including phenoxy) is 2. The van der Waals surface area contributed by atoms with Gasteiger partial charge < -0.3 is 14.8 Å². The van der Waals surface area contributed by atoms with Gasteiger partial charge >= 0.3 is 12.6 Å². The highest BCUT2D eigenvalue weighted by Gasteiger charge is 2.21. The van der Waals surface area contributed by atoms with E-state index in [1.54, 1.807) is 24.3 Å². The Labute approximate surface area is 203 Å². The van der Waals surface area contributed by atoms with Gasteiger partial charge in [0.25, 0.3) is 5.91 Å². The Bertz CT molecular complexity index is 1330. The second-order valence-corrected chi connectivity index (χ2v) is 7.61. The van der Waals surface area contributed by atoms with E-state index in [0.29, 0.717) is 16.3 Å². The molecule has 0 bridgehead atoms. The number of benzene rings is 3. The summed E-state index contributed by atoms with van der Waals surface area (Å²) in [7, 11) is 0. The largest absolute Gasteiger partial charge is 0.452 e. The Balaban J connectivity index is 1.52. The number of amides is 1. The van der Waals surface area contributed by atoms with Gasteiger partial charge in [0.05, 0.1) is 11.4 Å². The molecule has 0 aliphatic heterocycles. The Hall–Kier alpha value is -4.24. The van der Waals surface area contributed by atoms with Gasteiger partial charge in [0.1, 0.15) is 17.0 Å². The number of rotatable bonds is 8. The molecule has 1 aromatic heterocycles. The molecule has 0 atom stereocenters. The van der Waals surface area contributed by atoms with E-state index in [1.807, 2.05) is 30.3 Å². The highest BCUT2D eigenvalue weighted by molar-refractivity contribution is 6.30. The molecule has 10 heteroatoms. The first kappa shape index (κ1) is 23.9. The molecule has 4 rings (SSSR count). The fourth-order valence-corrected chi connectivity index (χ4v) is 3.35. The number of nitrogens with zero attached hydrogens (tertiary/aromatic N) is 2. The van der Waals surface area contributed by atoms with Gasteiger partial charge in [-0.25, -0.2) is 9.48 Å². The summed E-state index contributed by atoms with van der Waals surface area (Å²) in [4.78, 5) is 25.3. The van der Waals surface area contributed by atoms with Crippen LogP contribution in [0.2, 0.25) is 5.02 Å². The second kappa shape index (κ2) is 10.8. The molecule has 0 aliphatic carbocycles. The van der Waals surface area contributed by atoms with Gasteiger partial charge in [0.2, 0.25) is 0 Å². The molecule has 0 unspecified atom stereocenters. The number of halogens is 3. The molecule has 0 fully saturated rings. The topological polar surface area (TPSA) is 82.5 Å². The van der Waals surface area contributed by atoms with Crippen molar-refractivity contribution in [2.24, 2.45) is 0 Å². The summed E-state index contributed by atoms with van der Waals surface area (Å²) in [6, 6.07) is 21.6. The fourth-order valence-electron chi connectivity index (χ4n) is 3.22. The van der Waals surface area contributed by atoms with Gasteiger partial charge in [-0.1, -0.05) is 54.1 Å². The van der Waals surface area contributed by atoms with Crippen LogP contribution in [-0.4, -0.2) is 34.9 Å². The monoisotopic (exact) mass is 497 g/mol. The minimum atomic E-state index is -3.06. The highest BCUT2D eigenvalue weighted by Crippen LogP contribution is 2.27. The molecule has 0 saturated heterocycles. The van der Waals surface area contributed by atoms with E-state index in [1.165, 1.54) is 35.1 Å². The van der Waals surface area contributed by atoms with Crippen molar-refractivity contribution >= 4 is 29.2 Å². The Morgan fingerprint density at radius 2 is 1.66 bits per heavy atom. The van der Waals surface area contributed by atoms with Crippen molar-refractivity contribution in [3.05, 3.63) is 95.6 Å². The predicted octanol–water partition coefficient (Wildman–Crippen LogP) is 5.59. The van der Waals surface area contributed by atoms with Crippen LogP contribution in [0.4, 0.5) is 14.5 Å². The molecule has 4 aromatic rings. The lowest BCUT2D eigenvalue weighted by Crippen LogP contribution is -2.21. The molecule has 0 aliphatic rings. The summed E-state index contributed by atoms with van der Waals surface area (Å²) in [5, 5.41) is 7.44. The van der Waals surface area contributed by atoms with E-state index in [-0.39, 0.29) is 17.0 Å². The molecular formula is C25H18ClF2N3O4. The molecule has 0 spiro atoms. The molecule has 0 saturated carbocycles. The number of carbonyl (C=O) groups excluding carboxylic acids is 2. The van der Waals surface area contributed by atoms with Crippen molar-refractivity contribution in [2.45, 2.75) is 6.61 Å². The number of carbonyl (C=O) groups is 2. The number of aromatic nitrogens is 2. The standard InChI is InChI=1S/C25H18ClF2N3O4/c26-17-12-10-16(11-13-17)23-19(14-31(30-23)18-6-2-1-3-7-18)24(33)34-15-22(32)29-20-8-4-5-9-21(20)35-25(27)28/h1-14,25H,15H2,(H,29,32). The average Bonchev–Trinajstić information content (AvgIpc) is 3.30. The van der Waals surface area contributed by atoms with Crippen LogP contribution >= 0.6 is 11.6 Å². The smallest absolute Gasteiger partial charge is 0.387 e. The normalized spacial score (nSPS) is 10.7. The Kier molecular flexibility index (Phi) is 7.37. The zero-order chi connectivity index (χ0) is 24.8. The van der Waals surface area contributed by atoms with Crippen LogP contribution in [0.3, 0.4) is 0 Å². The van der Waals surface area contributed by atoms with E-state index < -0.39 is 25.1 Å². The van der Waals surface area contributed by atoms with Crippen molar-refractivity contribution in [1.29, 1.82) is 0 Å². The number of para-hydroxylation sites is 3. The summed E-state index contributed by atoms with van der Waals surface area (Å²) in [5.41, 5.74) is 1.83. The van der Waals surface area contributed by atoms with Crippen LogP contribution in [0.5, 0.6) is 5.75 Å². The van der Waals surface area contributed by atoms with Crippen molar-refractivity contribution in [1.82, 2.24) is 9.78 Å². The van der Waals surface area contributed by atoms with Crippen LogP contribution in [0.1, 0.15) is 10.4 Å². The van der Waals surface area contributed by atoms with Crippen LogP contribution < -0.4 is 10.1 Å². The molecule has 0 radical (unpaired) electrons. The van der Waals surface area contributed by atoms with Crippen LogP contribution in [0.15, 0.2) is 85.1 Å². The number of hydrogen-bond acceptors (Lipinski definition) is 5. The molecule has 35 heavy (non-hydrogen) atoms. The molecular weight excluding hydrogens is 480 g/mol. The maximum atomic E-state index is 12.9. The molecule has 7 nitrogen and oxygen atoms in total. The minimum Gasteiger partial charge on any atom is -0.452 e. The van der Waals surface area contributed by atoms with E-state index >= 15 is 0 Å². The van der Waals surface area contributed by atoms with E-state index in [4.69, 9.17) is 16.3 Å². The lowest BCUT2D eigenvalue weighted by atomic mass is 10.1. The quantitative estimate of drug-likeness (QED) is 0.321. The second-order valence-electron chi connectivity index (χ2n) is 7.18. The number of nitrogens with one attached hydrogen (secondary N) is 1. The zero-order valence-electron chi connectivity index (χ0n) is 18.0. The van der Waals surface area contributed by atoms with E-state index in [0.717, 1.165) is 5.69 Å². The maximum absolute atomic E-state index is 12.9. The van der Waals surface area contributed by atoms with E-state index in [9.17, 15) is 18.4 Å². The number of hydrogen-bond donors (Lipinski definition) is 1. The highest BCUT2D eigenvalue weighted by atomic mass is 35.5. The van der Waals surface area contributed by atoms with Gasteiger partial charge in [0.15, 0.2) is 6.61 Å². The summed E-state index contributed by atoms with van der Waals surface area (Å²) >= 11 is 5.98. The Morgan fingerprint density at radius 1 is 0.971 bits per heavy atom. The summed E-state index contributed by atoms with van der Waals surface area (Å²) in [6.45, 7) is -3.71. The third-order valence-electron chi connectivity index (χ3n) is 4.78. The molecule has 178 valence electrons. The fraction of sp³-hybridized carbons (Fsp3) is 0.0800. The summed E-state index contributed by atoms with van der Waals surface area (Å²) in [5.74, 6) is -1.73. The minimum absolute atomic E-state index is 0.0209. The van der Waals surface area contributed by atoms with Crippen LogP contribution in [0.25, 0.3) is 16.9 Å². The lowest BCUT2D eigenvalue weighted by molar-refractivity contribution is -0.119. The zero-order valence-corrected chi connectivity index (χ0v) is 18.8. The lowest BCUT2D eigenvalue weighted by Gasteiger charge is -2.11. The number of esters is 1. The SMILES string of the molecule is O=C(COC(=O)c1cn(-c2ccccc2)nc1-c1ccc(Cl)cc1)Nc1ccccc1OC(F)F. The molecule has 3 aromatic carbocycles.